The molecule has 12 heavy (non-hydrogen) atoms. The van der Waals surface area contributed by atoms with Gasteiger partial charge >= 0.3 is 0 Å². The Kier molecular flexibility index (Phi) is 3.98. The van der Waals surface area contributed by atoms with Crippen molar-refractivity contribution >= 4 is 0 Å². The quantitative estimate of drug-likeness (QED) is 0.636. The maximum Gasteiger partial charge on any atom is 0.0667 e. The Hall–Kier alpha value is -0.120. The zero-order valence-electron chi connectivity index (χ0n) is 7.87. The molecule has 1 heterocycles. The summed E-state index contributed by atoms with van der Waals surface area (Å²) in [6.45, 7) is 4.82. The minimum atomic E-state index is -0.190. The molecule has 3 heteroatoms. The van der Waals surface area contributed by atoms with Crippen LogP contribution >= 0.6 is 0 Å². The van der Waals surface area contributed by atoms with Gasteiger partial charge in [0.2, 0.25) is 0 Å². The van der Waals surface area contributed by atoms with Crippen LogP contribution in [0, 0.1) is 0 Å². The fourth-order valence-corrected chi connectivity index (χ4v) is 1.97. The number of hydrogen-bond donors (Lipinski definition) is 2. The first kappa shape index (κ1) is 9.96. The van der Waals surface area contributed by atoms with Gasteiger partial charge in [-0.15, -0.1) is 0 Å². The summed E-state index contributed by atoms with van der Waals surface area (Å²) in [5.41, 5.74) is 5.44. The third-order valence-electron chi connectivity index (χ3n) is 2.62. The van der Waals surface area contributed by atoms with Crippen molar-refractivity contribution in [1.29, 1.82) is 0 Å². The zero-order chi connectivity index (χ0) is 8.97. The van der Waals surface area contributed by atoms with Crippen LogP contribution in [0.1, 0.15) is 26.2 Å². The highest BCUT2D eigenvalue weighted by Crippen LogP contribution is 2.19. The van der Waals surface area contributed by atoms with Gasteiger partial charge < -0.3 is 10.8 Å². The van der Waals surface area contributed by atoms with Crippen LogP contribution in [0.2, 0.25) is 0 Å². The molecule has 1 aliphatic rings. The van der Waals surface area contributed by atoms with Gasteiger partial charge in [0.25, 0.3) is 0 Å². The van der Waals surface area contributed by atoms with Gasteiger partial charge in [0, 0.05) is 6.04 Å². The van der Waals surface area contributed by atoms with E-state index in [1.54, 1.807) is 0 Å². The maximum absolute atomic E-state index is 9.45. The molecule has 3 nitrogen and oxygen atoms in total. The van der Waals surface area contributed by atoms with Crippen molar-refractivity contribution in [2.75, 3.05) is 19.6 Å². The van der Waals surface area contributed by atoms with E-state index in [0.29, 0.717) is 6.04 Å². The summed E-state index contributed by atoms with van der Waals surface area (Å²) >= 11 is 0. The molecule has 0 spiro atoms. The van der Waals surface area contributed by atoms with Crippen molar-refractivity contribution < 1.29 is 5.11 Å². The van der Waals surface area contributed by atoms with Gasteiger partial charge in [0.05, 0.1) is 6.10 Å². The molecule has 72 valence electrons. The number of hydrogen-bond acceptors (Lipinski definition) is 3. The molecule has 0 bridgehead atoms. The lowest BCUT2D eigenvalue weighted by Crippen LogP contribution is -2.38. The Bertz CT molecular complexity index is 128. The number of rotatable bonds is 4. The number of nitrogens with zero attached hydrogens (tertiary/aromatic N) is 1. The van der Waals surface area contributed by atoms with Gasteiger partial charge in [-0.2, -0.15) is 0 Å². The summed E-state index contributed by atoms with van der Waals surface area (Å²) < 4.78 is 0. The molecule has 0 saturated carbocycles. The van der Waals surface area contributed by atoms with Crippen LogP contribution in [-0.2, 0) is 0 Å². The van der Waals surface area contributed by atoms with Crippen LogP contribution in [0.4, 0.5) is 0 Å². The standard InChI is InChI=1S/C9H20N2O/c1-8(12)9-4-2-6-11(9)7-3-5-10/h8-9,12H,2-7,10H2,1H3/t8-,9-/m1/s1. The molecule has 0 radical (unpaired) electrons. The molecule has 3 N–H and O–H groups in total. The minimum Gasteiger partial charge on any atom is -0.392 e. The van der Waals surface area contributed by atoms with E-state index in [4.69, 9.17) is 5.73 Å². The number of aliphatic hydroxyl groups is 1. The van der Waals surface area contributed by atoms with Crippen LogP contribution in [0.15, 0.2) is 0 Å². The van der Waals surface area contributed by atoms with E-state index in [2.05, 4.69) is 4.90 Å². The molecule has 1 saturated heterocycles. The van der Waals surface area contributed by atoms with Crippen LogP contribution in [0.25, 0.3) is 0 Å². The van der Waals surface area contributed by atoms with Crippen LogP contribution in [0.5, 0.6) is 0 Å². The molecule has 0 aromatic carbocycles. The van der Waals surface area contributed by atoms with Gasteiger partial charge in [-0.1, -0.05) is 0 Å². The van der Waals surface area contributed by atoms with E-state index in [0.717, 1.165) is 32.5 Å². The molecule has 2 atom stereocenters. The van der Waals surface area contributed by atoms with Gasteiger partial charge in [0.1, 0.15) is 0 Å². The first-order valence-corrected chi connectivity index (χ1v) is 4.88. The number of nitrogens with two attached hydrogens (primary N) is 1. The molecule has 0 unspecified atom stereocenters. The SMILES string of the molecule is C[C@@H](O)[C@H]1CCCN1CCCN. The third-order valence-corrected chi connectivity index (χ3v) is 2.62. The molecule has 1 aliphatic heterocycles. The first-order valence-electron chi connectivity index (χ1n) is 4.88. The second-order valence-electron chi connectivity index (χ2n) is 3.63. The van der Waals surface area contributed by atoms with E-state index < -0.39 is 0 Å². The van der Waals surface area contributed by atoms with Crippen LogP contribution in [0.3, 0.4) is 0 Å². The maximum atomic E-state index is 9.45. The van der Waals surface area contributed by atoms with Crippen molar-refractivity contribution in [2.24, 2.45) is 5.73 Å². The van der Waals surface area contributed by atoms with Gasteiger partial charge in [0.15, 0.2) is 0 Å². The fourth-order valence-electron chi connectivity index (χ4n) is 1.97. The topological polar surface area (TPSA) is 49.5 Å². The smallest absolute Gasteiger partial charge is 0.0667 e. The van der Waals surface area contributed by atoms with Crippen molar-refractivity contribution in [2.45, 2.75) is 38.3 Å². The Labute approximate surface area is 74.5 Å². The van der Waals surface area contributed by atoms with Crippen LogP contribution < -0.4 is 5.73 Å². The molecule has 0 amide bonds. The van der Waals surface area contributed by atoms with E-state index in [1.807, 2.05) is 6.92 Å². The van der Waals surface area contributed by atoms with Gasteiger partial charge in [-0.05, 0) is 45.8 Å². The average molecular weight is 172 g/mol. The highest BCUT2D eigenvalue weighted by Gasteiger charge is 2.27. The second-order valence-corrected chi connectivity index (χ2v) is 3.63. The van der Waals surface area contributed by atoms with Crippen molar-refractivity contribution in [3.05, 3.63) is 0 Å². The minimum absolute atomic E-state index is 0.190. The number of aliphatic hydroxyl groups excluding tert-OH is 1. The van der Waals surface area contributed by atoms with E-state index in [-0.39, 0.29) is 6.10 Å². The monoisotopic (exact) mass is 172 g/mol. The Balaban J connectivity index is 2.30. The molecule has 0 aliphatic carbocycles. The summed E-state index contributed by atoms with van der Waals surface area (Å²) in [6, 6.07) is 0.386. The average Bonchev–Trinajstić information content (AvgIpc) is 2.48. The normalized spacial score (nSPS) is 27.8. The van der Waals surface area contributed by atoms with Crippen molar-refractivity contribution in [1.82, 2.24) is 4.90 Å². The van der Waals surface area contributed by atoms with E-state index in [9.17, 15) is 5.11 Å². The Morgan fingerprint density at radius 1 is 1.67 bits per heavy atom. The Morgan fingerprint density at radius 2 is 2.42 bits per heavy atom. The predicted octanol–water partition coefficient (Wildman–Crippen LogP) is 0.180. The lowest BCUT2D eigenvalue weighted by Gasteiger charge is -2.26. The third kappa shape index (κ3) is 2.44. The summed E-state index contributed by atoms with van der Waals surface area (Å²) in [5, 5.41) is 9.45. The Morgan fingerprint density at radius 3 is 3.00 bits per heavy atom. The van der Waals surface area contributed by atoms with Crippen LogP contribution in [-0.4, -0.2) is 41.8 Å². The summed E-state index contributed by atoms with van der Waals surface area (Å²) in [4.78, 5) is 2.36. The van der Waals surface area contributed by atoms with Gasteiger partial charge in [-0.25, -0.2) is 0 Å². The first-order chi connectivity index (χ1) is 5.75. The molecule has 0 aromatic rings. The molecule has 1 rings (SSSR count). The molecular formula is C9H20N2O. The molecular weight excluding hydrogens is 152 g/mol. The molecule has 1 fully saturated rings. The molecule has 0 aromatic heterocycles. The van der Waals surface area contributed by atoms with Gasteiger partial charge in [-0.3, -0.25) is 4.90 Å². The predicted molar refractivity (Wildman–Crippen MR) is 49.9 cm³/mol. The highest BCUT2D eigenvalue weighted by molar-refractivity contribution is 4.82. The summed E-state index contributed by atoms with van der Waals surface area (Å²) in [6.07, 6.45) is 3.22. The van der Waals surface area contributed by atoms with Crippen molar-refractivity contribution in [3.63, 3.8) is 0 Å². The van der Waals surface area contributed by atoms with E-state index in [1.165, 1.54) is 6.42 Å². The van der Waals surface area contributed by atoms with Crippen molar-refractivity contribution in [3.8, 4) is 0 Å². The summed E-state index contributed by atoms with van der Waals surface area (Å²) in [7, 11) is 0. The number of likely N-dealkylation sites (tertiary alicyclic amines) is 1. The fraction of sp³-hybridized carbons (Fsp3) is 1.00. The summed E-state index contributed by atoms with van der Waals surface area (Å²) in [5.74, 6) is 0. The lowest BCUT2D eigenvalue weighted by atomic mass is 10.1. The zero-order valence-corrected chi connectivity index (χ0v) is 7.87. The highest BCUT2D eigenvalue weighted by atomic mass is 16.3. The van der Waals surface area contributed by atoms with E-state index >= 15 is 0 Å². The lowest BCUT2D eigenvalue weighted by molar-refractivity contribution is 0.0864. The second kappa shape index (κ2) is 4.80. The largest absolute Gasteiger partial charge is 0.392 e.